The summed E-state index contributed by atoms with van der Waals surface area (Å²) in [6.45, 7) is 13.3. The molecule has 0 saturated carbocycles. The molecule has 1 heterocycles. The molecule has 23 heavy (non-hydrogen) atoms. The van der Waals surface area contributed by atoms with E-state index in [-0.39, 0.29) is 24.0 Å². The molecule has 2 atom stereocenters. The van der Waals surface area contributed by atoms with Crippen molar-refractivity contribution in [2.24, 2.45) is 11.7 Å². The van der Waals surface area contributed by atoms with Crippen LogP contribution in [0.3, 0.4) is 0 Å². The molecule has 0 unspecified atom stereocenters. The van der Waals surface area contributed by atoms with Crippen LogP contribution in [0, 0.1) is 5.92 Å². The Morgan fingerprint density at radius 2 is 1.91 bits per heavy atom. The van der Waals surface area contributed by atoms with Gasteiger partial charge in [0.05, 0.1) is 6.04 Å². The molecule has 134 valence electrons. The molecule has 0 aromatic carbocycles. The Labute approximate surface area is 140 Å². The van der Waals surface area contributed by atoms with Crippen molar-refractivity contribution in [2.45, 2.75) is 72.1 Å². The fraction of sp³-hybridized carbons (Fsp3) is 0.882. The summed E-state index contributed by atoms with van der Waals surface area (Å²) in [6.07, 6.45) is 1.67. The topological polar surface area (TPSA) is 75.9 Å². The fourth-order valence-corrected chi connectivity index (χ4v) is 2.80. The Kier molecular flexibility index (Phi) is 6.86. The zero-order chi connectivity index (χ0) is 17.8. The highest BCUT2D eigenvalue weighted by atomic mass is 16.6. The number of piperidine rings is 1. The molecule has 0 radical (unpaired) electrons. The molecule has 1 aliphatic rings. The van der Waals surface area contributed by atoms with Gasteiger partial charge in [-0.15, -0.1) is 0 Å². The van der Waals surface area contributed by atoms with Gasteiger partial charge in [0.25, 0.3) is 0 Å². The van der Waals surface area contributed by atoms with Crippen LogP contribution in [0.2, 0.25) is 0 Å². The lowest BCUT2D eigenvalue weighted by atomic mass is 9.97. The highest BCUT2D eigenvalue weighted by Crippen LogP contribution is 2.21. The third-order valence-corrected chi connectivity index (χ3v) is 3.92. The fourth-order valence-electron chi connectivity index (χ4n) is 2.80. The molecule has 0 aliphatic carbocycles. The van der Waals surface area contributed by atoms with Gasteiger partial charge in [-0.1, -0.05) is 0 Å². The Morgan fingerprint density at radius 1 is 1.30 bits per heavy atom. The van der Waals surface area contributed by atoms with E-state index in [1.807, 2.05) is 39.5 Å². The zero-order valence-corrected chi connectivity index (χ0v) is 15.5. The van der Waals surface area contributed by atoms with Crippen molar-refractivity contribution in [3.8, 4) is 0 Å². The van der Waals surface area contributed by atoms with Gasteiger partial charge < -0.3 is 20.3 Å². The van der Waals surface area contributed by atoms with Crippen molar-refractivity contribution < 1.29 is 14.3 Å². The van der Waals surface area contributed by atoms with E-state index < -0.39 is 11.6 Å². The molecule has 0 aromatic heterocycles. The summed E-state index contributed by atoms with van der Waals surface area (Å²) < 4.78 is 5.45. The van der Waals surface area contributed by atoms with E-state index in [9.17, 15) is 9.59 Å². The van der Waals surface area contributed by atoms with Crippen LogP contribution in [0.4, 0.5) is 4.79 Å². The average molecular weight is 327 g/mol. The molecule has 2 N–H and O–H groups in total. The van der Waals surface area contributed by atoms with Gasteiger partial charge in [-0.2, -0.15) is 0 Å². The normalized spacial score (nSPS) is 20.3. The molecule has 2 amide bonds. The van der Waals surface area contributed by atoms with E-state index in [4.69, 9.17) is 10.5 Å². The standard InChI is InChI=1S/C17H33N3O3/c1-12(2)20(15(21)13(3)18)11-14-8-7-9-19(10-14)16(22)23-17(4,5)6/h12-14H,7-11,18H2,1-6H3/t13-,14-/m0/s1. The number of nitrogens with zero attached hydrogens (tertiary/aromatic N) is 2. The van der Waals surface area contributed by atoms with Crippen LogP contribution >= 0.6 is 0 Å². The Morgan fingerprint density at radius 3 is 2.39 bits per heavy atom. The van der Waals surface area contributed by atoms with Gasteiger partial charge in [-0.3, -0.25) is 4.79 Å². The second-order valence-electron chi connectivity index (χ2n) is 7.81. The largest absolute Gasteiger partial charge is 0.444 e. The number of hydrogen-bond donors (Lipinski definition) is 1. The monoisotopic (exact) mass is 327 g/mol. The van der Waals surface area contributed by atoms with E-state index in [2.05, 4.69) is 0 Å². The maximum absolute atomic E-state index is 12.3. The molecule has 0 spiro atoms. The summed E-state index contributed by atoms with van der Waals surface area (Å²) in [5, 5.41) is 0. The predicted octanol–water partition coefficient (Wildman–Crippen LogP) is 2.22. The predicted molar refractivity (Wildman–Crippen MR) is 91.0 cm³/mol. The molecular formula is C17H33N3O3. The summed E-state index contributed by atoms with van der Waals surface area (Å²) in [7, 11) is 0. The van der Waals surface area contributed by atoms with E-state index >= 15 is 0 Å². The number of amides is 2. The molecule has 0 bridgehead atoms. The van der Waals surface area contributed by atoms with Gasteiger partial charge in [0, 0.05) is 25.7 Å². The Balaban J connectivity index is 2.67. The minimum absolute atomic E-state index is 0.0330. The summed E-state index contributed by atoms with van der Waals surface area (Å²) in [4.78, 5) is 28.1. The quantitative estimate of drug-likeness (QED) is 0.859. The number of likely N-dealkylation sites (tertiary alicyclic amines) is 1. The molecule has 6 heteroatoms. The van der Waals surface area contributed by atoms with Gasteiger partial charge in [0.15, 0.2) is 0 Å². The van der Waals surface area contributed by atoms with Crippen LogP contribution in [0.15, 0.2) is 0 Å². The number of carbonyl (C=O) groups excluding carboxylic acids is 2. The third-order valence-electron chi connectivity index (χ3n) is 3.92. The average Bonchev–Trinajstić information content (AvgIpc) is 2.42. The molecule has 1 fully saturated rings. The van der Waals surface area contributed by atoms with Gasteiger partial charge in [0.2, 0.25) is 5.91 Å². The molecule has 1 aliphatic heterocycles. The second-order valence-corrected chi connectivity index (χ2v) is 7.81. The van der Waals surface area contributed by atoms with Crippen molar-refractivity contribution >= 4 is 12.0 Å². The van der Waals surface area contributed by atoms with Crippen LogP contribution in [0.5, 0.6) is 0 Å². The molecular weight excluding hydrogens is 294 g/mol. The maximum atomic E-state index is 12.3. The van der Waals surface area contributed by atoms with Gasteiger partial charge in [-0.25, -0.2) is 4.79 Å². The number of hydrogen-bond acceptors (Lipinski definition) is 4. The molecule has 1 rings (SSSR count). The van der Waals surface area contributed by atoms with Gasteiger partial charge >= 0.3 is 6.09 Å². The SMILES string of the molecule is CC(C)N(C[C@H]1CCCN(C(=O)OC(C)(C)C)C1)C(=O)[C@H](C)N. The minimum Gasteiger partial charge on any atom is -0.444 e. The smallest absolute Gasteiger partial charge is 0.410 e. The third kappa shape index (κ3) is 6.37. The second kappa shape index (κ2) is 7.99. The number of carbonyl (C=O) groups is 2. The molecule has 0 aromatic rings. The van der Waals surface area contributed by atoms with Crippen LogP contribution in [-0.4, -0.2) is 59.1 Å². The lowest BCUT2D eigenvalue weighted by molar-refractivity contribution is -0.134. The minimum atomic E-state index is -0.497. The maximum Gasteiger partial charge on any atom is 0.410 e. The van der Waals surface area contributed by atoms with Crippen LogP contribution in [-0.2, 0) is 9.53 Å². The van der Waals surface area contributed by atoms with E-state index in [1.54, 1.807) is 11.8 Å². The highest BCUT2D eigenvalue weighted by molar-refractivity contribution is 5.81. The Bertz CT molecular complexity index is 416. The van der Waals surface area contributed by atoms with E-state index in [0.717, 1.165) is 12.8 Å². The van der Waals surface area contributed by atoms with Gasteiger partial charge in [0.1, 0.15) is 5.60 Å². The summed E-state index contributed by atoms with van der Waals surface area (Å²) in [5.74, 6) is 0.232. The van der Waals surface area contributed by atoms with Crippen molar-refractivity contribution in [1.29, 1.82) is 0 Å². The first-order valence-corrected chi connectivity index (χ1v) is 8.55. The summed E-state index contributed by atoms with van der Waals surface area (Å²) in [5.41, 5.74) is 5.26. The number of rotatable bonds is 4. The van der Waals surface area contributed by atoms with Crippen molar-refractivity contribution in [1.82, 2.24) is 9.80 Å². The van der Waals surface area contributed by atoms with Crippen LogP contribution < -0.4 is 5.73 Å². The summed E-state index contributed by atoms with van der Waals surface area (Å²) >= 11 is 0. The van der Waals surface area contributed by atoms with E-state index in [1.165, 1.54) is 0 Å². The van der Waals surface area contributed by atoms with Crippen LogP contribution in [0.25, 0.3) is 0 Å². The molecule has 1 saturated heterocycles. The van der Waals surface area contributed by atoms with Crippen molar-refractivity contribution in [2.75, 3.05) is 19.6 Å². The number of ether oxygens (including phenoxy) is 1. The first-order chi connectivity index (χ1) is 10.5. The Hall–Kier alpha value is -1.30. The van der Waals surface area contributed by atoms with E-state index in [0.29, 0.717) is 19.6 Å². The van der Waals surface area contributed by atoms with Crippen molar-refractivity contribution in [3.05, 3.63) is 0 Å². The van der Waals surface area contributed by atoms with Crippen LogP contribution in [0.1, 0.15) is 54.4 Å². The lowest BCUT2D eigenvalue weighted by Crippen LogP contribution is -2.51. The highest BCUT2D eigenvalue weighted by Gasteiger charge is 2.30. The first kappa shape index (κ1) is 19.7. The zero-order valence-electron chi connectivity index (χ0n) is 15.5. The molecule has 6 nitrogen and oxygen atoms in total. The van der Waals surface area contributed by atoms with Gasteiger partial charge in [-0.05, 0) is 60.3 Å². The lowest BCUT2D eigenvalue weighted by Gasteiger charge is -2.38. The number of nitrogens with two attached hydrogens (primary N) is 1. The summed E-state index contributed by atoms with van der Waals surface area (Å²) in [6, 6.07) is -0.395. The first-order valence-electron chi connectivity index (χ1n) is 8.55. The van der Waals surface area contributed by atoms with Crippen molar-refractivity contribution in [3.63, 3.8) is 0 Å².